The number of para-hydroxylation sites is 1. The molecule has 1 aliphatic heterocycles. The van der Waals surface area contributed by atoms with E-state index in [9.17, 15) is 10.1 Å². The van der Waals surface area contributed by atoms with E-state index >= 15 is 0 Å². The Morgan fingerprint density at radius 3 is 2.50 bits per heavy atom. The first-order valence-corrected chi connectivity index (χ1v) is 7.49. The van der Waals surface area contributed by atoms with Crippen molar-refractivity contribution in [1.29, 1.82) is 0 Å². The van der Waals surface area contributed by atoms with Crippen LogP contribution >= 0.6 is 15.9 Å². The van der Waals surface area contributed by atoms with Gasteiger partial charge in [-0.25, -0.2) is 0 Å². The molecular formula is C16H13BrN2O3. The van der Waals surface area contributed by atoms with Gasteiger partial charge >= 0.3 is 5.70 Å². The van der Waals surface area contributed by atoms with Crippen molar-refractivity contribution in [1.82, 2.24) is 5.32 Å². The van der Waals surface area contributed by atoms with Gasteiger partial charge in [-0.05, 0) is 23.8 Å². The van der Waals surface area contributed by atoms with Crippen LogP contribution in [-0.2, 0) is 0 Å². The summed E-state index contributed by atoms with van der Waals surface area (Å²) in [6.07, 6.45) is 0. The smallest absolute Gasteiger partial charge is 0.317 e. The molecule has 0 radical (unpaired) electrons. The van der Waals surface area contributed by atoms with E-state index in [1.165, 1.54) is 0 Å². The van der Waals surface area contributed by atoms with Crippen LogP contribution in [0.1, 0.15) is 17.0 Å². The molecule has 3 rings (SSSR count). The average Bonchev–Trinajstić information content (AvgIpc) is 2.53. The number of halogens is 1. The van der Waals surface area contributed by atoms with Gasteiger partial charge in [0.1, 0.15) is 11.7 Å². The molecule has 1 aliphatic rings. The Labute approximate surface area is 135 Å². The fraction of sp³-hybridized carbons (Fsp3) is 0.125. The van der Waals surface area contributed by atoms with Gasteiger partial charge in [0.05, 0.1) is 4.92 Å². The van der Waals surface area contributed by atoms with Crippen molar-refractivity contribution in [2.24, 2.45) is 0 Å². The highest BCUT2D eigenvalue weighted by molar-refractivity contribution is 9.10. The molecule has 2 aromatic rings. The second kappa shape index (κ2) is 5.81. The number of nitrogens with zero attached hydrogens (tertiary/aromatic N) is 1. The molecule has 2 aromatic carbocycles. The number of hydrogen-bond donors (Lipinski definition) is 1. The van der Waals surface area contributed by atoms with E-state index in [0.29, 0.717) is 5.75 Å². The summed E-state index contributed by atoms with van der Waals surface area (Å²) < 4.78 is 6.58. The summed E-state index contributed by atoms with van der Waals surface area (Å²) in [7, 11) is 1.62. The summed E-state index contributed by atoms with van der Waals surface area (Å²) in [5, 5.41) is 14.4. The molecule has 1 atom stereocenters. The summed E-state index contributed by atoms with van der Waals surface area (Å²) in [6.45, 7) is 0. The van der Waals surface area contributed by atoms with Crippen LogP contribution in [0.2, 0.25) is 0 Å². The van der Waals surface area contributed by atoms with Gasteiger partial charge in [-0.2, -0.15) is 0 Å². The molecule has 6 heteroatoms. The predicted octanol–water partition coefficient (Wildman–Crippen LogP) is 3.64. The fourth-order valence-corrected chi connectivity index (χ4v) is 2.88. The van der Waals surface area contributed by atoms with Gasteiger partial charge in [-0.1, -0.05) is 46.3 Å². The van der Waals surface area contributed by atoms with E-state index in [4.69, 9.17) is 4.74 Å². The van der Waals surface area contributed by atoms with Gasteiger partial charge in [0, 0.05) is 17.1 Å². The number of allylic oxidation sites excluding steroid dienone is 1. The summed E-state index contributed by atoms with van der Waals surface area (Å²) in [4.78, 5) is 11.2. The van der Waals surface area contributed by atoms with Crippen LogP contribution in [0.4, 0.5) is 0 Å². The van der Waals surface area contributed by atoms with Crippen LogP contribution in [0.15, 0.2) is 64.6 Å². The maximum atomic E-state index is 11.6. The molecule has 112 valence electrons. The highest BCUT2D eigenvalue weighted by Gasteiger charge is 2.39. The van der Waals surface area contributed by atoms with Gasteiger partial charge in [0.15, 0.2) is 0 Å². The first kappa shape index (κ1) is 14.6. The normalized spacial score (nSPS) is 16.7. The SMILES string of the molecule is CNC1=C([N+](=O)[O-])C(c2ccc(Br)cc2)c2ccccc2O1. The van der Waals surface area contributed by atoms with Crippen LogP contribution in [0, 0.1) is 10.1 Å². The van der Waals surface area contributed by atoms with Crippen molar-refractivity contribution in [3.05, 3.63) is 85.8 Å². The molecule has 0 fully saturated rings. The molecule has 22 heavy (non-hydrogen) atoms. The van der Waals surface area contributed by atoms with E-state index < -0.39 is 5.92 Å². The number of rotatable bonds is 3. The Kier molecular flexibility index (Phi) is 3.85. The lowest BCUT2D eigenvalue weighted by Crippen LogP contribution is -2.27. The zero-order valence-corrected chi connectivity index (χ0v) is 13.3. The maximum Gasteiger partial charge on any atom is 0.317 e. The lowest BCUT2D eigenvalue weighted by Gasteiger charge is -2.25. The molecular weight excluding hydrogens is 348 g/mol. The Bertz CT molecular complexity index is 756. The first-order chi connectivity index (χ1) is 10.6. The van der Waals surface area contributed by atoms with Gasteiger partial charge in [0.2, 0.25) is 0 Å². The number of nitro groups is 1. The molecule has 0 aliphatic carbocycles. The Hall–Kier alpha value is -2.34. The number of nitrogens with one attached hydrogen (secondary N) is 1. The lowest BCUT2D eigenvalue weighted by molar-refractivity contribution is -0.432. The highest BCUT2D eigenvalue weighted by atomic mass is 79.9. The van der Waals surface area contributed by atoms with E-state index in [1.54, 1.807) is 7.05 Å². The van der Waals surface area contributed by atoms with Crippen molar-refractivity contribution in [2.75, 3.05) is 7.05 Å². The summed E-state index contributed by atoms with van der Waals surface area (Å²) in [5.41, 5.74) is 1.65. The van der Waals surface area contributed by atoms with Crippen LogP contribution in [-0.4, -0.2) is 12.0 Å². The van der Waals surface area contributed by atoms with E-state index in [-0.39, 0.29) is 16.5 Å². The monoisotopic (exact) mass is 360 g/mol. The molecule has 0 spiro atoms. The minimum absolute atomic E-state index is 0.0172. The number of fused-ring (bicyclic) bond motifs is 1. The van der Waals surface area contributed by atoms with Crippen molar-refractivity contribution in [3.63, 3.8) is 0 Å². The molecule has 0 saturated carbocycles. The third-order valence-corrected chi connectivity index (χ3v) is 4.10. The minimum atomic E-state index is -0.476. The molecule has 0 bridgehead atoms. The summed E-state index contributed by atoms with van der Waals surface area (Å²) >= 11 is 3.39. The lowest BCUT2D eigenvalue weighted by atomic mass is 9.86. The summed E-state index contributed by atoms with van der Waals surface area (Å²) in [5.74, 6) is 0.331. The van der Waals surface area contributed by atoms with E-state index in [1.807, 2.05) is 48.5 Å². The highest BCUT2D eigenvalue weighted by Crippen LogP contribution is 2.42. The van der Waals surface area contributed by atoms with Gasteiger partial charge in [-0.3, -0.25) is 10.1 Å². The Morgan fingerprint density at radius 1 is 1.18 bits per heavy atom. The van der Waals surface area contributed by atoms with Crippen molar-refractivity contribution >= 4 is 15.9 Å². The van der Waals surface area contributed by atoms with Crippen LogP contribution in [0.5, 0.6) is 5.75 Å². The van der Waals surface area contributed by atoms with E-state index in [0.717, 1.165) is 15.6 Å². The number of benzene rings is 2. The topological polar surface area (TPSA) is 64.4 Å². The average molecular weight is 361 g/mol. The van der Waals surface area contributed by atoms with Crippen molar-refractivity contribution < 1.29 is 9.66 Å². The molecule has 0 amide bonds. The fourth-order valence-electron chi connectivity index (χ4n) is 2.61. The van der Waals surface area contributed by atoms with Crippen molar-refractivity contribution in [3.8, 4) is 5.75 Å². The van der Waals surface area contributed by atoms with Crippen LogP contribution < -0.4 is 10.1 Å². The van der Waals surface area contributed by atoms with Crippen LogP contribution in [0.3, 0.4) is 0 Å². The molecule has 0 saturated heterocycles. The van der Waals surface area contributed by atoms with Gasteiger partial charge in [-0.15, -0.1) is 0 Å². The quantitative estimate of drug-likeness (QED) is 0.670. The second-order valence-corrected chi connectivity index (χ2v) is 5.76. The zero-order chi connectivity index (χ0) is 15.7. The van der Waals surface area contributed by atoms with Crippen molar-refractivity contribution in [2.45, 2.75) is 5.92 Å². The Balaban J connectivity index is 2.23. The maximum absolute atomic E-state index is 11.6. The number of hydrogen-bond acceptors (Lipinski definition) is 4. The molecule has 1 heterocycles. The van der Waals surface area contributed by atoms with Crippen LogP contribution in [0.25, 0.3) is 0 Å². The Morgan fingerprint density at radius 2 is 1.86 bits per heavy atom. The van der Waals surface area contributed by atoms with Gasteiger partial charge < -0.3 is 10.1 Å². The first-order valence-electron chi connectivity index (χ1n) is 6.70. The number of ether oxygens (including phenoxy) is 1. The molecule has 5 nitrogen and oxygen atoms in total. The molecule has 1 unspecified atom stereocenters. The zero-order valence-electron chi connectivity index (χ0n) is 11.7. The minimum Gasteiger partial charge on any atom is -0.435 e. The van der Waals surface area contributed by atoms with Gasteiger partial charge in [0.25, 0.3) is 5.88 Å². The standard InChI is InChI=1S/C16H13BrN2O3/c1-18-16-15(19(20)21)14(10-6-8-11(17)9-7-10)12-4-2-3-5-13(12)22-16/h2-9,14,18H,1H3. The molecule has 1 N–H and O–H groups in total. The third kappa shape index (κ3) is 2.46. The van der Waals surface area contributed by atoms with E-state index in [2.05, 4.69) is 21.2 Å². The molecule has 0 aromatic heterocycles. The summed E-state index contributed by atoms with van der Waals surface area (Å²) in [6, 6.07) is 14.9. The third-order valence-electron chi connectivity index (χ3n) is 3.58. The largest absolute Gasteiger partial charge is 0.435 e. The predicted molar refractivity (Wildman–Crippen MR) is 86.1 cm³/mol. The second-order valence-electron chi connectivity index (χ2n) is 4.85.